The van der Waals surface area contributed by atoms with Crippen LogP contribution in [0.25, 0.3) is 15.7 Å². The fraction of sp³-hybridized carbons (Fsp3) is 0. The summed E-state index contributed by atoms with van der Waals surface area (Å²) in [6, 6.07) is 1.70. The second kappa shape index (κ2) is 2.06. The highest BCUT2D eigenvalue weighted by Crippen LogP contribution is 2.14. The monoisotopic (exact) mass is 144 g/mol. The quantitative estimate of drug-likeness (QED) is 0.569. The molecule has 0 saturated carbocycles. The number of rotatable bonds is 0. The van der Waals surface area contributed by atoms with Gasteiger partial charge in [0.1, 0.15) is 11.7 Å². The van der Waals surface area contributed by atoms with Gasteiger partial charge in [0.25, 0.3) is 5.82 Å². The van der Waals surface area contributed by atoms with E-state index in [1.165, 1.54) is 0 Å². The Labute approximate surface area is 62.7 Å². The van der Waals surface area contributed by atoms with Gasteiger partial charge in [-0.15, -0.1) is 4.98 Å². The molecule has 0 amide bonds. The summed E-state index contributed by atoms with van der Waals surface area (Å²) in [5.74, 6) is 0.402. The molecule has 52 valence electrons. The van der Waals surface area contributed by atoms with Crippen LogP contribution in [-0.2, 0) is 0 Å². The SMILES string of the molecule is [C-]#[N+]c1cc2cn[nH]c2cn1. The Hall–Kier alpha value is -1.89. The molecule has 0 fully saturated rings. The number of aromatic nitrogens is 3. The maximum Gasteiger partial charge on any atom is 0.270 e. The number of aromatic amines is 1. The van der Waals surface area contributed by atoms with Gasteiger partial charge >= 0.3 is 0 Å². The highest BCUT2D eigenvalue weighted by atomic mass is 15.1. The van der Waals surface area contributed by atoms with Crippen molar-refractivity contribution in [2.24, 2.45) is 0 Å². The molecule has 2 rings (SSSR count). The largest absolute Gasteiger partial charge is 0.361 e. The molecule has 0 aliphatic heterocycles. The van der Waals surface area contributed by atoms with E-state index in [1.807, 2.05) is 0 Å². The highest BCUT2D eigenvalue weighted by Gasteiger charge is 1.98. The summed E-state index contributed by atoms with van der Waals surface area (Å²) in [5.41, 5.74) is 0.859. The topological polar surface area (TPSA) is 45.9 Å². The van der Waals surface area contributed by atoms with Crippen molar-refractivity contribution < 1.29 is 0 Å². The Morgan fingerprint density at radius 1 is 1.45 bits per heavy atom. The third kappa shape index (κ3) is 0.829. The molecular formula is C7H4N4. The predicted octanol–water partition coefficient (Wildman–Crippen LogP) is 1.51. The van der Waals surface area contributed by atoms with Gasteiger partial charge in [0.05, 0.1) is 6.20 Å². The number of H-pyrrole nitrogens is 1. The van der Waals surface area contributed by atoms with Crippen LogP contribution in [0.15, 0.2) is 18.5 Å². The summed E-state index contributed by atoms with van der Waals surface area (Å²) >= 11 is 0. The Kier molecular flexibility index (Phi) is 1.10. The lowest BCUT2D eigenvalue weighted by atomic mass is 10.3. The molecule has 0 spiro atoms. The predicted molar refractivity (Wildman–Crippen MR) is 40.2 cm³/mol. The molecule has 4 heteroatoms. The maximum absolute atomic E-state index is 6.70. The first kappa shape index (κ1) is 5.86. The Morgan fingerprint density at radius 2 is 2.36 bits per heavy atom. The normalized spacial score (nSPS) is 9.73. The van der Waals surface area contributed by atoms with E-state index < -0.39 is 0 Å². The van der Waals surface area contributed by atoms with E-state index >= 15 is 0 Å². The lowest BCUT2D eigenvalue weighted by molar-refractivity contribution is 1.11. The molecule has 1 N–H and O–H groups in total. The molecule has 0 aliphatic rings. The fourth-order valence-corrected chi connectivity index (χ4v) is 0.892. The van der Waals surface area contributed by atoms with E-state index in [0.717, 1.165) is 10.9 Å². The van der Waals surface area contributed by atoms with Crippen LogP contribution >= 0.6 is 0 Å². The highest BCUT2D eigenvalue weighted by molar-refractivity contribution is 5.79. The van der Waals surface area contributed by atoms with E-state index in [-0.39, 0.29) is 0 Å². The van der Waals surface area contributed by atoms with Crippen molar-refractivity contribution in [3.8, 4) is 0 Å². The standard InChI is InChI=1S/C7H4N4/c1-8-7-2-5-3-10-11-6(5)4-9-7/h2-4H,(H,10,11). The van der Waals surface area contributed by atoms with Gasteiger partial charge in [0.2, 0.25) is 0 Å². The van der Waals surface area contributed by atoms with Crippen molar-refractivity contribution in [2.75, 3.05) is 0 Å². The molecule has 0 unspecified atom stereocenters. The summed E-state index contributed by atoms with van der Waals surface area (Å²) < 4.78 is 0. The minimum atomic E-state index is 0.402. The van der Waals surface area contributed by atoms with E-state index in [0.29, 0.717) is 5.82 Å². The molecule has 11 heavy (non-hydrogen) atoms. The smallest absolute Gasteiger partial charge is 0.270 e. The van der Waals surface area contributed by atoms with Crippen LogP contribution in [0.2, 0.25) is 0 Å². The van der Waals surface area contributed by atoms with Crippen molar-refractivity contribution >= 4 is 16.7 Å². The van der Waals surface area contributed by atoms with Crippen molar-refractivity contribution in [1.29, 1.82) is 0 Å². The van der Waals surface area contributed by atoms with Gasteiger partial charge in [0, 0.05) is 5.39 Å². The van der Waals surface area contributed by atoms with Gasteiger partial charge in [-0.05, 0) is 6.07 Å². The van der Waals surface area contributed by atoms with Gasteiger partial charge < -0.3 is 4.85 Å². The van der Waals surface area contributed by atoms with Crippen LogP contribution < -0.4 is 0 Å². The first-order valence-corrected chi connectivity index (χ1v) is 3.07. The van der Waals surface area contributed by atoms with Crippen molar-refractivity contribution in [2.45, 2.75) is 0 Å². The lowest BCUT2D eigenvalue weighted by Gasteiger charge is -1.85. The van der Waals surface area contributed by atoms with Crippen LogP contribution in [0.1, 0.15) is 0 Å². The van der Waals surface area contributed by atoms with Crippen LogP contribution in [-0.4, -0.2) is 15.2 Å². The number of hydrogen-bond acceptors (Lipinski definition) is 2. The zero-order chi connectivity index (χ0) is 7.68. The Balaban J connectivity index is 2.79. The van der Waals surface area contributed by atoms with Gasteiger partial charge in [-0.2, -0.15) is 5.10 Å². The fourth-order valence-electron chi connectivity index (χ4n) is 0.892. The van der Waals surface area contributed by atoms with Crippen LogP contribution in [0.3, 0.4) is 0 Å². The first-order valence-electron chi connectivity index (χ1n) is 3.07. The average Bonchev–Trinajstić information content (AvgIpc) is 2.50. The summed E-state index contributed by atoms with van der Waals surface area (Å²) in [7, 11) is 0. The van der Waals surface area contributed by atoms with Crippen molar-refractivity contribution in [3.05, 3.63) is 29.9 Å². The molecule has 0 saturated heterocycles. The third-order valence-electron chi connectivity index (χ3n) is 1.42. The molecular weight excluding hydrogens is 140 g/mol. The number of fused-ring (bicyclic) bond motifs is 1. The number of nitrogens with one attached hydrogen (secondary N) is 1. The number of hydrogen-bond donors (Lipinski definition) is 1. The minimum Gasteiger partial charge on any atom is -0.361 e. The van der Waals surface area contributed by atoms with E-state index in [1.54, 1.807) is 18.5 Å². The molecule has 0 radical (unpaired) electrons. The van der Waals surface area contributed by atoms with Gasteiger partial charge in [-0.1, -0.05) is 6.57 Å². The maximum atomic E-state index is 6.70. The first-order chi connectivity index (χ1) is 5.40. The second-order valence-corrected chi connectivity index (χ2v) is 2.11. The zero-order valence-corrected chi connectivity index (χ0v) is 5.57. The van der Waals surface area contributed by atoms with E-state index in [9.17, 15) is 0 Å². The lowest BCUT2D eigenvalue weighted by Crippen LogP contribution is -1.71. The summed E-state index contributed by atoms with van der Waals surface area (Å²) in [6.45, 7) is 6.70. The third-order valence-corrected chi connectivity index (χ3v) is 1.42. The summed E-state index contributed by atoms with van der Waals surface area (Å²) in [4.78, 5) is 7.07. The number of nitrogens with zero attached hydrogens (tertiary/aromatic N) is 3. The van der Waals surface area contributed by atoms with Gasteiger partial charge in [0.15, 0.2) is 0 Å². The molecule has 4 nitrogen and oxygen atoms in total. The second-order valence-electron chi connectivity index (χ2n) is 2.11. The molecule has 0 atom stereocenters. The summed E-state index contributed by atoms with van der Waals surface area (Å²) in [6.07, 6.45) is 3.28. The van der Waals surface area contributed by atoms with E-state index in [2.05, 4.69) is 20.0 Å². The molecule has 0 bridgehead atoms. The van der Waals surface area contributed by atoms with Gasteiger partial charge in [-0.3, -0.25) is 5.10 Å². The molecule has 2 aromatic heterocycles. The van der Waals surface area contributed by atoms with Crippen LogP contribution in [0, 0.1) is 6.57 Å². The van der Waals surface area contributed by atoms with Gasteiger partial charge in [-0.25, -0.2) is 0 Å². The molecule has 0 aliphatic carbocycles. The molecule has 2 aromatic rings. The van der Waals surface area contributed by atoms with E-state index in [4.69, 9.17) is 6.57 Å². The Bertz CT molecular complexity index is 423. The molecule has 0 aromatic carbocycles. The summed E-state index contributed by atoms with van der Waals surface area (Å²) in [5, 5.41) is 7.49. The minimum absolute atomic E-state index is 0.402. The molecule has 2 heterocycles. The van der Waals surface area contributed by atoms with Crippen LogP contribution in [0.5, 0.6) is 0 Å². The average molecular weight is 144 g/mol. The zero-order valence-electron chi connectivity index (χ0n) is 5.57. The van der Waals surface area contributed by atoms with Crippen molar-refractivity contribution in [1.82, 2.24) is 15.2 Å². The Morgan fingerprint density at radius 3 is 3.18 bits per heavy atom. The van der Waals surface area contributed by atoms with Crippen LogP contribution in [0.4, 0.5) is 5.82 Å². The number of pyridine rings is 1. The van der Waals surface area contributed by atoms with Crippen molar-refractivity contribution in [3.63, 3.8) is 0 Å².